The van der Waals surface area contributed by atoms with Gasteiger partial charge in [-0.3, -0.25) is 9.79 Å². The van der Waals surface area contributed by atoms with Crippen molar-refractivity contribution >= 4 is 35.8 Å². The minimum absolute atomic E-state index is 0. The molecule has 0 aromatic heterocycles. The monoisotopic (exact) mass is 380 g/mol. The Kier molecular flexibility index (Phi) is 14.4. The van der Waals surface area contributed by atoms with Crippen molar-refractivity contribution in [2.24, 2.45) is 4.99 Å². The molecule has 0 saturated carbocycles. The maximum Gasteiger partial charge on any atom is 0.222 e. The number of halogens is 1. The van der Waals surface area contributed by atoms with Gasteiger partial charge in [-0.25, -0.2) is 0 Å². The van der Waals surface area contributed by atoms with Gasteiger partial charge in [0.1, 0.15) is 0 Å². The Balaban J connectivity index is 0. The number of carbonyl (C=O) groups is 1. The minimum Gasteiger partial charge on any atom is -0.357 e. The number of nitrogens with one attached hydrogen (secondary N) is 3. The lowest BCUT2D eigenvalue weighted by molar-refractivity contribution is -0.121. The number of carbonyl (C=O) groups excluding carboxylic acids is 1. The summed E-state index contributed by atoms with van der Waals surface area (Å²) in [6.07, 6.45) is 6.48. The van der Waals surface area contributed by atoms with Crippen molar-refractivity contribution in [1.29, 1.82) is 0 Å². The number of rotatable bonds is 7. The summed E-state index contributed by atoms with van der Waals surface area (Å²) in [5.41, 5.74) is 0. The fourth-order valence-corrected chi connectivity index (χ4v) is 1.19. The topological polar surface area (TPSA) is 65.5 Å². The van der Waals surface area contributed by atoms with Crippen LogP contribution in [0.2, 0.25) is 0 Å². The van der Waals surface area contributed by atoms with Crippen molar-refractivity contribution < 1.29 is 4.79 Å². The number of amides is 1. The lowest BCUT2D eigenvalue weighted by Crippen LogP contribution is -2.38. The van der Waals surface area contributed by atoms with Gasteiger partial charge in [-0.05, 0) is 20.3 Å². The Hall–Kier alpha value is -0.970. The van der Waals surface area contributed by atoms with Crippen LogP contribution in [0.5, 0.6) is 0 Å². The van der Waals surface area contributed by atoms with Crippen molar-refractivity contribution in [1.82, 2.24) is 16.0 Å². The second-order valence-corrected chi connectivity index (χ2v) is 3.95. The summed E-state index contributed by atoms with van der Waals surface area (Å²) in [7, 11) is 0. The first-order valence-electron chi connectivity index (χ1n) is 6.39. The molecule has 0 aliphatic carbocycles. The first-order valence-corrected chi connectivity index (χ1v) is 6.39. The van der Waals surface area contributed by atoms with Gasteiger partial charge < -0.3 is 16.0 Å². The first kappa shape index (κ1) is 20.3. The molecule has 0 bridgehead atoms. The smallest absolute Gasteiger partial charge is 0.222 e. The van der Waals surface area contributed by atoms with Gasteiger partial charge in [-0.1, -0.05) is 12.8 Å². The highest BCUT2D eigenvalue weighted by atomic mass is 127. The number of aliphatic imine (C=N–C) groups is 1. The van der Waals surface area contributed by atoms with E-state index in [0.29, 0.717) is 25.5 Å². The van der Waals surface area contributed by atoms with E-state index in [1.165, 1.54) is 0 Å². The summed E-state index contributed by atoms with van der Waals surface area (Å²) < 4.78 is 0. The molecule has 0 aromatic rings. The maximum atomic E-state index is 11.5. The third-order valence-corrected chi connectivity index (χ3v) is 2.33. The molecule has 0 fully saturated rings. The fraction of sp³-hybridized carbons (Fsp3) is 0.692. The number of guanidine groups is 1. The predicted molar refractivity (Wildman–Crippen MR) is 90.7 cm³/mol. The zero-order valence-corrected chi connectivity index (χ0v) is 14.3. The van der Waals surface area contributed by atoms with Crippen LogP contribution in [-0.2, 0) is 4.79 Å². The molecule has 1 unspecified atom stereocenters. The molecule has 0 saturated heterocycles. The van der Waals surface area contributed by atoms with Crippen LogP contribution >= 0.6 is 24.0 Å². The van der Waals surface area contributed by atoms with E-state index in [4.69, 9.17) is 6.42 Å². The zero-order chi connectivity index (χ0) is 13.8. The maximum absolute atomic E-state index is 11.5. The first-order chi connectivity index (χ1) is 8.63. The van der Waals surface area contributed by atoms with Crippen molar-refractivity contribution in [3.05, 3.63) is 0 Å². The second kappa shape index (κ2) is 13.5. The number of hydrogen-bond donors (Lipinski definition) is 3. The number of terminal acetylenes is 1. The number of hydrogen-bond acceptors (Lipinski definition) is 2. The van der Waals surface area contributed by atoms with Gasteiger partial charge in [0.2, 0.25) is 5.91 Å². The second-order valence-electron chi connectivity index (χ2n) is 3.95. The average Bonchev–Trinajstić information content (AvgIpc) is 2.35. The molecular weight excluding hydrogens is 355 g/mol. The van der Waals surface area contributed by atoms with Crippen LogP contribution in [0.1, 0.15) is 33.6 Å². The Labute approximate surface area is 133 Å². The van der Waals surface area contributed by atoms with Gasteiger partial charge in [-0.15, -0.1) is 30.4 Å². The van der Waals surface area contributed by atoms with E-state index in [1.54, 1.807) is 0 Å². The Bertz CT molecular complexity index is 312. The van der Waals surface area contributed by atoms with Crippen molar-refractivity contribution in [3.63, 3.8) is 0 Å². The summed E-state index contributed by atoms with van der Waals surface area (Å²) in [6, 6.07) is 0.217. The van der Waals surface area contributed by atoms with E-state index >= 15 is 0 Å². The van der Waals surface area contributed by atoms with Gasteiger partial charge in [0.15, 0.2) is 5.96 Å². The third kappa shape index (κ3) is 11.8. The van der Waals surface area contributed by atoms with E-state index < -0.39 is 0 Å². The van der Waals surface area contributed by atoms with E-state index in [9.17, 15) is 4.79 Å². The summed E-state index contributed by atoms with van der Waals surface area (Å²) in [6.45, 7) is 7.63. The van der Waals surface area contributed by atoms with Crippen LogP contribution in [0.15, 0.2) is 4.99 Å². The highest BCUT2D eigenvalue weighted by Gasteiger charge is 2.04. The van der Waals surface area contributed by atoms with Crippen molar-refractivity contribution in [2.75, 3.05) is 19.6 Å². The average molecular weight is 380 g/mol. The van der Waals surface area contributed by atoms with Crippen LogP contribution in [0.4, 0.5) is 0 Å². The molecule has 0 aliphatic heterocycles. The molecule has 0 aliphatic rings. The molecule has 0 spiro atoms. The Morgan fingerprint density at radius 2 is 2.05 bits per heavy atom. The van der Waals surface area contributed by atoms with Gasteiger partial charge in [0.05, 0.1) is 13.1 Å². The molecule has 6 heteroatoms. The van der Waals surface area contributed by atoms with E-state index in [2.05, 4.69) is 26.9 Å². The van der Waals surface area contributed by atoms with Crippen molar-refractivity contribution in [2.45, 2.75) is 39.7 Å². The molecule has 5 nitrogen and oxygen atoms in total. The largest absolute Gasteiger partial charge is 0.357 e. The normalized spacial score (nSPS) is 11.8. The minimum atomic E-state index is 0. The van der Waals surface area contributed by atoms with Crippen LogP contribution in [0.25, 0.3) is 0 Å². The van der Waals surface area contributed by atoms with Crippen LogP contribution in [0.3, 0.4) is 0 Å². The predicted octanol–water partition coefficient (Wildman–Crippen LogP) is 1.10. The van der Waals surface area contributed by atoms with Crippen LogP contribution in [-0.4, -0.2) is 37.5 Å². The van der Waals surface area contributed by atoms with Gasteiger partial charge >= 0.3 is 0 Å². The molecule has 3 N–H and O–H groups in total. The summed E-state index contributed by atoms with van der Waals surface area (Å²) in [5, 5.41) is 8.92. The van der Waals surface area contributed by atoms with E-state index in [0.717, 1.165) is 13.0 Å². The molecular formula is C13H25IN4O. The lowest BCUT2D eigenvalue weighted by atomic mass is 10.2. The van der Waals surface area contributed by atoms with Gasteiger partial charge in [0.25, 0.3) is 0 Å². The molecule has 0 radical (unpaired) electrons. The SMILES string of the molecule is C#CCNC(=NCCC(=O)NC(C)CC)NCC.I. The molecule has 0 aromatic carbocycles. The molecule has 110 valence electrons. The van der Waals surface area contributed by atoms with Crippen molar-refractivity contribution in [3.8, 4) is 12.3 Å². The van der Waals surface area contributed by atoms with Crippen LogP contribution in [0, 0.1) is 12.3 Å². The summed E-state index contributed by atoms with van der Waals surface area (Å²) in [5.74, 6) is 3.15. The highest BCUT2D eigenvalue weighted by Crippen LogP contribution is 1.90. The van der Waals surface area contributed by atoms with Gasteiger partial charge in [0, 0.05) is 19.0 Å². The molecule has 1 amide bonds. The van der Waals surface area contributed by atoms with E-state index in [-0.39, 0.29) is 35.9 Å². The standard InChI is InChI=1S/C13H24N4O.HI/c1-5-9-15-13(14-7-3)16-10-8-12(18)17-11(4)6-2;/h1,11H,6-10H2,2-4H3,(H,17,18)(H2,14,15,16);1H. The number of nitrogens with zero attached hydrogens (tertiary/aromatic N) is 1. The molecule has 19 heavy (non-hydrogen) atoms. The molecule has 0 rings (SSSR count). The van der Waals surface area contributed by atoms with Crippen LogP contribution < -0.4 is 16.0 Å². The summed E-state index contributed by atoms with van der Waals surface area (Å²) >= 11 is 0. The highest BCUT2D eigenvalue weighted by molar-refractivity contribution is 14.0. The summed E-state index contributed by atoms with van der Waals surface area (Å²) in [4.78, 5) is 15.8. The molecule has 1 atom stereocenters. The Morgan fingerprint density at radius 3 is 2.58 bits per heavy atom. The Morgan fingerprint density at radius 1 is 1.37 bits per heavy atom. The lowest BCUT2D eigenvalue weighted by Gasteiger charge is -2.11. The quantitative estimate of drug-likeness (QED) is 0.268. The zero-order valence-electron chi connectivity index (χ0n) is 12.0. The molecule has 0 heterocycles. The third-order valence-electron chi connectivity index (χ3n) is 2.33. The fourth-order valence-electron chi connectivity index (χ4n) is 1.19. The van der Waals surface area contributed by atoms with E-state index in [1.807, 2.05) is 20.8 Å². The van der Waals surface area contributed by atoms with Gasteiger partial charge in [-0.2, -0.15) is 0 Å².